The van der Waals surface area contributed by atoms with Gasteiger partial charge in [0.2, 0.25) is 5.91 Å². The molecule has 2 aromatic rings. The van der Waals surface area contributed by atoms with Gasteiger partial charge < -0.3 is 5.73 Å². The van der Waals surface area contributed by atoms with E-state index >= 15 is 0 Å². The summed E-state index contributed by atoms with van der Waals surface area (Å²) in [6, 6.07) is 6.39. The average molecular weight is 346 g/mol. The molecule has 21 heavy (non-hydrogen) atoms. The summed E-state index contributed by atoms with van der Waals surface area (Å²) >= 11 is 6.61. The molecule has 9 heteroatoms. The predicted octanol–water partition coefficient (Wildman–Crippen LogP) is 1.93. The number of thiazole rings is 1. The second kappa shape index (κ2) is 6.00. The molecule has 112 valence electrons. The number of anilines is 1. The maximum absolute atomic E-state index is 12.2. The normalized spacial score (nSPS) is 11.3. The fourth-order valence-electron chi connectivity index (χ4n) is 1.69. The van der Waals surface area contributed by atoms with Gasteiger partial charge in [0.25, 0.3) is 10.0 Å². The molecule has 0 aliphatic rings. The van der Waals surface area contributed by atoms with Crippen molar-refractivity contribution < 1.29 is 13.2 Å². The lowest BCUT2D eigenvalue weighted by atomic mass is 10.1. The number of halogens is 1. The van der Waals surface area contributed by atoms with E-state index in [2.05, 4.69) is 9.71 Å². The van der Waals surface area contributed by atoms with Gasteiger partial charge in [0.05, 0.1) is 12.1 Å². The molecule has 3 N–H and O–H groups in total. The number of nitrogens with one attached hydrogen (secondary N) is 1. The number of hydrogen-bond acceptors (Lipinski definition) is 5. The van der Waals surface area contributed by atoms with Crippen molar-refractivity contribution >= 4 is 44.6 Å². The van der Waals surface area contributed by atoms with E-state index in [1.807, 2.05) is 0 Å². The first-order valence-electron chi connectivity index (χ1n) is 5.81. The molecule has 0 bridgehead atoms. The number of nitrogens with zero attached hydrogens (tertiary/aromatic N) is 1. The van der Waals surface area contributed by atoms with Crippen molar-refractivity contribution in [3.05, 3.63) is 40.0 Å². The van der Waals surface area contributed by atoms with Crippen LogP contribution in [0, 0.1) is 6.92 Å². The summed E-state index contributed by atoms with van der Waals surface area (Å²) in [5.41, 5.74) is 6.53. The zero-order valence-electron chi connectivity index (χ0n) is 11.0. The van der Waals surface area contributed by atoms with Crippen LogP contribution in [0.5, 0.6) is 0 Å². The van der Waals surface area contributed by atoms with Gasteiger partial charge in [-0.3, -0.25) is 9.52 Å². The number of sulfonamides is 1. The smallest absolute Gasteiger partial charge is 0.273 e. The first-order valence-corrected chi connectivity index (χ1v) is 8.48. The van der Waals surface area contributed by atoms with Crippen LogP contribution in [0.1, 0.15) is 11.3 Å². The van der Waals surface area contributed by atoms with Gasteiger partial charge in [0, 0.05) is 5.69 Å². The van der Waals surface area contributed by atoms with Gasteiger partial charge in [-0.1, -0.05) is 35.1 Å². The quantitative estimate of drug-likeness (QED) is 0.864. The lowest BCUT2D eigenvalue weighted by Crippen LogP contribution is -2.14. The number of primary amides is 1. The van der Waals surface area contributed by atoms with Gasteiger partial charge in [0.1, 0.15) is 0 Å². The summed E-state index contributed by atoms with van der Waals surface area (Å²) in [6.45, 7) is 1.58. The zero-order valence-corrected chi connectivity index (χ0v) is 13.3. The molecule has 6 nitrogen and oxygen atoms in total. The third-order valence-corrected chi connectivity index (χ3v) is 5.81. The molecule has 1 aromatic carbocycles. The second-order valence-electron chi connectivity index (χ2n) is 4.29. The van der Waals surface area contributed by atoms with Gasteiger partial charge in [-0.25, -0.2) is 13.4 Å². The van der Waals surface area contributed by atoms with Gasteiger partial charge in [-0.2, -0.15) is 0 Å². The number of aryl methyl sites for hydroxylation is 1. The highest BCUT2D eigenvalue weighted by Crippen LogP contribution is 2.28. The van der Waals surface area contributed by atoms with E-state index in [1.165, 1.54) is 0 Å². The van der Waals surface area contributed by atoms with Gasteiger partial charge in [-0.05, 0) is 24.6 Å². The highest BCUT2D eigenvalue weighted by molar-refractivity contribution is 7.94. The van der Waals surface area contributed by atoms with Crippen molar-refractivity contribution in [3.63, 3.8) is 0 Å². The number of benzene rings is 1. The number of nitrogens with two attached hydrogens (primary N) is 1. The zero-order chi connectivity index (χ0) is 15.6. The van der Waals surface area contributed by atoms with E-state index in [0.29, 0.717) is 16.9 Å². The van der Waals surface area contributed by atoms with E-state index in [9.17, 15) is 13.2 Å². The van der Waals surface area contributed by atoms with E-state index in [0.717, 1.165) is 11.3 Å². The van der Waals surface area contributed by atoms with Gasteiger partial charge in [-0.15, -0.1) is 0 Å². The van der Waals surface area contributed by atoms with Crippen molar-refractivity contribution in [1.29, 1.82) is 0 Å². The number of amides is 1. The SMILES string of the molecule is Cc1nc(Cl)sc1S(=O)(=O)Nc1ccc(CC(N)=O)cc1. The maximum atomic E-state index is 12.2. The Morgan fingerprint density at radius 3 is 2.48 bits per heavy atom. The van der Waals surface area contributed by atoms with E-state index in [-0.39, 0.29) is 15.1 Å². The molecule has 0 saturated heterocycles. The Bertz CT molecular complexity index is 770. The number of carbonyl (C=O) groups excluding carboxylic acids is 1. The first kappa shape index (κ1) is 15.7. The Kier molecular flexibility index (Phi) is 4.50. The van der Waals surface area contributed by atoms with Crippen molar-refractivity contribution in [2.45, 2.75) is 17.6 Å². The van der Waals surface area contributed by atoms with Crippen LogP contribution in [-0.4, -0.2) is 19.3 Å². The van der Waals surface area contributed by atoms with Gasteiger partial charge >= 0.3 is 0 Å². The number of aromatic nitrogens is 1. The van der Waals surface area contributed by atoms with Crippen LogP contribution >= 0.6 is 22.9 Å². The summed E-state index contributed by atoms with van der Waals surface area (Å²) in [4.78, 5) is 14.7. The molecule has 1 amide bonds. The molecule has 0 aliphatic carbocycles. The minimum Gasteiger partial charge on any atom is -0.369 e. The number of rotatable bonds is 5. The van der Waals surface area contributed by atoms with Crippen LogP contribution in [-0.2, 0) is 21.2 Å². The third kappa shape index (κ3) is 3.93. The lowest BCUT2D eigenvalue weighted by molar-refractivity contribution is -0.117. The largest absolute Gasteiger partial charge is 0.369 e. The van der Waals surface area contributed by atoms with Crippen LogP contribution in [0.4, 0.5) is 5.69 Å². The molecule has 0 saturated carbocycles. The minimum atomic E-state index is -3.73. The van der Waals surface area contributed by atoms with Gasteiger partial charge in [0.15, 0.2) is 8.68 Å². The lowest BCUT2D eigenvalue weighted by Gasteiger charge is -2.07. The molecule has 2 rings (SSSR count). The van der Waals surface area contributed by atoms with Crippen molar-refractivity contribution in [1.82, 2.24) is 4.98 Å². The average Bonchev–Trinajstić information content (AvgIpc) is 2.71. The Balaban J connectivity index is 2.21. The Morgan fingerprint density at radius 2 is 2.00 bits per heavy atom. The molecule has 1 aromatic heterocycles. The molecule has 0 fully saturated rings. The van der Waals surface area contributed by atoms with Crippen molar-refractivity contribution in [2.75, 3.05) is 4.72 Å². The molecule has 0 radical (unpaired) electrons. The molecule has 0 atom stereocenters. The fourth-order valence-corrected chi connectivity index (χ4v) is 4.49. The topological polar surface area (TPSA) is 102 Å². The monoisotopic (exact) mass is 345 g/mol. The highest BCUT2D eigenvalue weighted by Gasteiger charge is 2.21. The van der Waals surface area contributed by atoms with Crippen molar-refractivity contribution in [2.24, 2.45) is 5.73 Å². The van der Waals surface area contributed by atoms with Crippen LogP contribution < -0.4 is 10.5 Å². The molecule has 1 heterocycles. The Morgan fingerprint density at radius 1 is 1.38 bits per heavy atom. The van der Waals surface area contributed by atoms with E-state index < -0.39 is 15.9 Å². The minimum absolute atomic E-state index is 0.0775. The number of carbonyl (C=O) groups is 1. The standard InChI is InChI=1S/C12H12ClN3O3S2/c1-7-11(20-12(13)15-7)21(18,19)16-9-4-2-8(3-5-9)6-10(14)17/h2-5,16H,6H2,1H3,(H2,14,17). The van der Waals surface area contributed by atoms with Crippen LogP contribution in [0.3, 0.4) is 0 Å². The molecule has 0 aliphatic heterocycles. The maximum Gasteiger partial charge on any atom is 0.273 e. The molecule has 0 spiro atoms. The van der Waals surface area contributed by atoms with E-state index in [4.69, 9.17) is 17.3 Å². The third-order valence-electron chi connectivity index (χ3n) is 2.56. The molecular weight excluding hydrogens is 334 g/mol. The Hall–Kier alpha value is -1.64. The fraction of sp³-hybridized carbons (Fsp3) is 0.167. The molecule has 0 unspecified atom stereocenters. The highest BCUT2D eigenvalue weighted by atomic mass is 35.5. The molecular formula is C12H12ClN3O3S2. The van der Waals surface area contributed by atoms with E-state index in [1.54, 1.807) is 31.2 Å². The van der Waals surface area contributed by atoms with Crippen LogP contribution in [0.15, 0.2) is 28.5 Å². The van der Waals surface area contributed by atoms with Crippen molar-refractivity contribution in [3.8, 4) is 0 Å². The summed E-state index contributed by atoms with van der Waals surface area (Å²) < 4.78 is 27.1. The summed E-state index contributed by atoms with van der Waals surface area (Å²) in [5.74, 6) is -0.446. The second-order valence-corrected chi connectivity index (χ2v) is 7.74. The van der Waals surface area contributed by atoms with Crippen LogP contribution in [0.2, 0.25) is 4.47 Å². The summed E-state index contributed by atoms with van der Waals surface area (Å²) in [7, 11) is -3.73. The number of hydrogen-bond donors (Lipinski definition) is 2. The predicted molar refractivity (Wildman–Crippen MR) is 82.0 cm³/mol. The Labute approximate surface area is 131 Å². The van der Waals surface area contributed by atoms with Crippen LogP contribution in [0.25, 0.3) is 0 Å². The summed E-state index contributed by atoms with van der Waals surface area (Å²) in [6.07, 6.45) is 0.108. The first-order chi connectivity index (χ1) is 9.78. The summed E-state index contributed by atoms with van der Waals surface area (Å²) in [5, 5.41) is 0.